The molecule has 0 saturated heterocycles. The van der Waals surface area contributed by atoms with Crippen LogP contribution in [0.2, 0.25) is 0 Å². The van der Waals surface area contributed by atoms with E-state index in [2.05, 4.69) is 34.4 Å². The Morgan fingerprint density at radius 3 is 2.28 bits per heavy atom. The van der Waals surface area contributed by atoms with Gasteiger partial charge in [0, 0.05) is 17.8 Å². The van der Waals surface area contributed by atoms with Crippen LogP contribution in [-0.2, 0) is 6.42 Å². The molecule has 0 amide bonds. The molecule has 0 spiro atoms. The van der Waals surface area contributed by atoms with Gasteiger partial charge in [0.25, 0.3) is 0 Å². The number of nitrogens with one attached hydrogen (secondary N) is 2. The van der Waals surface area contributed by atoms with Crippen molar-refractivity contribution in [2.45, 2.75) is 26.7 Å². The molecule has 1 heterocycles. The van der Waals surface area contributed by atoms with Crippen LogP contribution in [0.25, 0.3) is 0 Å². The van der Waals surface area contributed by atoms with E-state index in [0.29, 0.717) is 23.8 Å². The van der Waals surface area contributed by atoms with Crippen LogP contribution in [0.1, 0.15) is 36.3 Å². The van der Waals surface area contributed by atoms with Gasteiger partial charge in [-0.25, -0.2) is 4.98 Å². The highest BCUT2D eigenvalue weighted by Crippen LogP contribution is 2.38. The van der Waals surface area contributed by atoms with Crippen molar-refractivity contribution in [2.24, 2.45) is 5.41 Å². The highest BCUT2D eigenvalue weighted by atomic mass is 16.5. The van der Waals surface area contributed by atoms with Crippen molar-refractivity contribution in [3.05, 3.63) is 65.9 Å². The van der Waals surface area contributed by atoms with Gasteiger partial charge in [0.05, 0.1) is 18.4 Å². The van der Waals surface area contributed by atoms with Crippen LogP contribution in [0.5, 0.6) is 5.75 Å². The van der Waals surface area contributed by atoms with Crippen LogP contribution < -0.4 is 15.4 Å². The summed E-state index contributed by atoms with van der Waals surface area (Å²) in [6.07, 6.45) is 1.20. The molecule has 0 radical (unpaired) electrons. The number of methoxy groups -OCH3 is 1. The number of anilines is 4. The minimum Gasteiger partial charge on any atom is -0.497 e. The number of fused-ring (bicyclic) bond motifs is 1. The Labute approximate surface area is 170 Å². The summed E-state index contributed by atoms with van der Waals surface area (Å²) in [6.45, 7) is 4.19. The van der Waals surface area contributed by atoms with Gasteiger partial charge >= 0.3 is 0 Å². The third kappa shape index (κ3) is 4.21. The van der Waals surface area contributed by atoms with Gasteiger partial charge in [-0.2, -0.15) is 4.98 Å². The van der Waals surface area contributed by atoms with E-state index in [-0.39, 0.29) is 11.2 Å². The molecule has 1 aromatic heterocycles. The number of nitrogens with zero attached hydrogens (tertiary/aromatic N) is 2. The predicted octanol–water partition coefficient (Wildman–Crippen LogP) is 5.13. The van der Waals surface area contributed by atoms with E-state index in [1.165, 1.54) is 0 Å². The highest BCUT2D eigenvalue weighted by Gasteiger charge is 2.35. The number of benzene rings is 2. The molecule has 29 heavy (non-hydrogen) atoms. The maximum absolute atomic E-state index is 12.9. The minimum absolute atomic E-state index is 0.0681. The summed E-state index contributed by atoms with van der Waals surface area (Å²) in [5.41, 5.74) is 2.95. The number of rotatable bonds is 5. The van der Waals surface area contributed by atoms with Crippen LogP contribution in [0.4, 0.5) is 23.1 Å². The number of aromatic nitrogens is 2. The number of carbonyl (C=O) groups excluding carboxylic acids is 1. The van der Waals surface area contributed by atoms with Crippen molar-refractivity contribution >= 4 is 28.9 Å². The van der Waals surface area contributed by atoms with Gasteiger partial charge in [-0.15, -0.1) is 0 Å². The van der Waals surface area contributed by atoms with Crippen LogP contribution in [-0.4, -0.2) is 22.9 Å². The molecule has 1 aliphatic carbocycles. The lowest BCUT2D eigenvalue weighted by molar-refractivity contribution is 0.0911. The Kier molecular flexibility index (Phi) is 4.92. The van der Waals surface area contributed by atoms with Gasteiger partial charge in [-0.3, -0.25) is 4.79 Å². The lowest BCUT2D eigenvalue weighted by atomic mass is 9.75. The maximum atomic E-state index is 12.9. The third-order valence-electron chi connectivity index (χ3n) is 4.93. The third-order valence-corrected chi connectivity index (χ3v) is 4.93. The van der Waals surface area contributed by atoms with E-state index in [1.54, 1.807) is 7.11 Å². The summed E-state index contributed by atoms with van der Waals surface area (Å²) in [4.78, 5) is 22.2. The second-order valence-corrected chi connectivity index (χ2v) is 8.00. The SMILES string of the molecule is COc1ccc(Nc2nc(Nc3ccccc3)nc3c2C(=O)CC(C)(C)C3)cc1. The average molecular weight is 388 g/mol. The van der Waals surface area contributed by atoms with E-state index in [1.807, 2.05) is 54.6 Å². The van der Waals surface area contributed by atoms with Gasteiger partial charge < -0.3 is 15.4 Å². The molecule has 6 heteroatoms. The predicted molar refractivity (Wildman–Crippen MR) is 114 cm³/mol. The molecule has 0 aliphatic heterocycles. The molecule has 2 N–H and O–H groups in total. The van der Waals surface area contributed by atoms with Crippen LogP contribution in [0.3, 0.4) is 0 Å². The van der Waals surface area contributed by atoms with E-state index in [0.717, 1.165) is 29.2 Å². The molecule has 148 valence electrons. The fourth-order valence-electron chi connectivity index (χ4n) is 3.57. The standard InChI is InChI=1S/C23H24N4O2/c1-23(2)13-18-20(19(28)14-23)21(24-16-9-11-17(29-3)12-10-16)27-22(26-18)25-15-7-5-4-6-8-15/h4-12H,13-14H2,1-3H3,(H2,24,25,26,27). The molecule has 2 aromatic carbocycles. The van der Waals surface area contributed by atoms with Crippen LogP contribution in [0, 0.1) is 5.41 Å². The van der Waals surface area contributed by atoms with Crippen molar-refractivity contribution in [1.82, 2.24) is 9.97 Å². The first-order valence-electron chi connectivity index (χ1n) is 9.61. The van der Waals surface area contributed by atoms with Gasteiger partial charge in [-0.1, -0.05) is 32.0 Å². The van der Waals surface area contributed by atoms with E-state index >= 15 is 0 Å². The van der Waals surface area contributed by atoms with Gasteiger partial charge in [0.15, 0.2) is 5.78 Å². The first-order valence-corrected chi connectivity index (χ1v) is 9.61. The molecule has 0 saturated carbocycles. The smallest absolute Gasteiger partial charge is 0.229 e. The molecule has 0 atom stereocenters. The first-order chi connectivity index (χ1) is 13.9. The zero-order valence-electron chi connectivity index (χ0n) is 16.8. The average Bonchev–Trinajstić information content (AvgIpc) is 2.68. The summed E-state index contributed by atoms with van der Waals surface area (Å²) < 4.78 is 5.22. The Hall–Kier alpha value is -3.41. The minimum atomic E-state index is -0.125. The van der Waals surface area contributed by atoms with Crippen molar-refractivity contribution in [3.8, 4) is 5.75 Å². The van der Waals surface area contributed by atoms with Crippen molar-refractivity contribution in [2.75, 3.05) is 17.7 Å². The highest BCUT2D eigenvalue weighted by molar-refractivity contribution is 6.03. The molecule has 4 rings (SSSR count). The summed E-state index contributed by atoms with van der Waals surface area (Å²) in [6, 6.07) is 17.3. The van der Waals surface area contributed by atoms with Crippen molar-refractivity contribution in [1.29, 1.82) is 0 Å². The lowest BCUT2D eigenvalue weighted by Crippen LogP contribution is -2.29. The Morgan fingerprint density at radius 2 is 1.59 bits per heavy atom. The summed E-state index contributed by atoms with van der Waals surface area (Å²) in [5, 5.41) is 6.55. The fraction of sp³-hybridized carbons (Fsp3) is 0.261. The number of para-hydroxylation sites is 1. The van der Waals surface area contributed by atoms with Crippen LogP contribution >= 0.6 is 0 Å². The maximum Gasteiger partial charge on any atom is 0.229 e. The molecular formula is C23H24N4O2. The Bertz CT molecular complexity index is 1030. The molecule has 0 fully saturated rings. The van der Waals surface area contributed by atoms with E-state index in [4.69, 9.17) is 4.74 Å². The summed E-state index contributed by atoms with van der Waals surface area (Å²) >= 11 is 0. The molecule has 6 nitrogen and oxygen atoms in total. The zero-order valence-corrected chi connectivity index (χ0v) is 16.8. The number of ether oxygens (including phenoxy) is 1. The van der Waals surface area contributed by atoms with Crippen molar-refractivity contribution < 1.29 is 9.53 Å². The van der Waals surface area contributed by atoms with Crippen LogP contribution in [0.15, 0.2) is 54.6 Å². The summed E-state index contributed by atoms with van der Waals surface area (Å²) in [7, 11) is 1.63. The molecule has 3 aromatic rings. The number of hydrogen-bond acceptors (Lipinski definition) is 6. The van der Waals surface area contributed by atoms with Gasteiger partial charge in [0.1, 0.15) is 11.6 Å². The number of ketones is 1. The number of carbonyl (C=O) groups is 1. The molecule has 0 bridgehead atoms. The second-order valence-electron chi connectivity index (χ2n) is 8.00. The van der Waals surface area contributed by atoms with E-state index in [9.17, 15) is 4.79 Å². The second kappa shape index (κ2) is 7.54. The Balaban J connectivity index is 1.74. The molecule has 1 aliphatic rings. The van der Waals surface area contributed by atoms with Gasteiger partial charge in [-0.05, 0) is 48.2 Å². The molecular weight excluding hydrogens is 364 g/mol. The number of hydrogen-bond donors (Lipinski definition) is 2. The van der Waals surface area contributed by atoms with E-state index < -0.39 is 0 Å². The van der Waals surface area contributed by atoms with Crippen molar-refractivity contribution in [3.63, 3.8) is 0 Å². The fourth-order valence-corrected chi connectivity index (χ4v) is 3.57. The quantitative estimate of drug-likeness (QED) is 0.631. The molecule has 0 unspecified atom stereocenters. The monoisotopic (exact) mass is 388 g/mol. The zero-order chi connectivity index (χ0) is 20.4. The lowest BCUT2D eigenvalue weighted by Gasteiger charge is -2.30. The largest absolute Gasteiger partial charge is 0.497 e. The summed E-state index contributed by atoms with van der Waals surface area (Å²) in [5.74, 6) is 1.83. The normalized spacial score (nSPS) is 14.8. The first kappa shape index (κ1) is 18.9. The Morgan fingerprint density at radius 1 is 0.897 bits per heavy atom. The topological polar surface area (TPSA) is 76.1 Å². The van der Waals surface area contributed by atoms with Gasteiger partial charge in [0.2, 0.25) is 5.95 Å². The number of Topliss-reactive ketones (excluding diaryl/α,β-unsaturated/α-hetero) is 1.